The zero-order valence-corrected chi connectivity index (χ0v) is 20.4. The number of anilines is 2. The Morgan fingerprint density at radius 1 is 1.15 bits per heavy atom. The molecule has 1 aromatic heterocycles. The van der Waals surface area contributed by atoms with Crippen molar-refractivity contribution >= 4 is 11.8 Å². The molecule has 0 spiro atoms. The molecule has 0 saturated carbocycles. The Bertz CT molecular complexity index is 848. The van der Waals surface area contributed by atoms with Crippen molar-refractivity contribution in [2.75, 3.05) is 64.2 Å². The number of nitrogens with two attached hydrogens (primary N) is 1. The molecule has 0 radical (unpaired) electrons. The van der Waals surface area contributed by atoms with Gasteiger partial charge in [0.2, 0.25) is 5.95 Å². The molecule has 0 amide bonds. The molecular weight excluding hydrogens is 418 g/mol. The van der Waals surface area contributed by atoms with Gasteiger partial charge in [-0.1, -0.05) is 25.8 Å². The molecule has 1 saturated heterocycles. The third-order valence-electron chi connectivity index (χ3n) is 5.93. The first-order chi connectivity index (χ1) is 16.1. The fourth-order valence-corrected chi connectivity index (χ4v) is 3.95. The number of morpholine rings is 1. The summed E-state index contributed by atoms with van der Waals surface area (Å²) in [5.74, 6) is 2.69. The van der Waals surface area contributed by atoms with E-state index in [-0.39, 0.29) is 0 Å². The fraction of sp³-hybridized carbons (Fsp3) is 0.600. The topological polar surface area (TPSA) is 94.8 Å². The van der Waals surface area contributed by atoms with Gasteiger partial charge in [-0.05, 0) is 31.4 Å². The maximum atomic E-state index is 6.30. The monoisotopic (exact) mass is 457 g/mol. The van der Waals surface area contributed by atoms with Gasteiger partial charge in [-0.15, -0.1) is 0 Å². The summed E-state index contributed by atoms with van der Waals surface area (Å²) >= 11 is 0. The van der Waals surface area contributed by atoms with Gasteiger partial charge in [0.25, 0.3) is 0 Å². The highest BCUT2D eigenvalue weighted by Crippen LogP contribution is 2.29. The molecule has 1 aliphatic heterocycles. The number of aryl methyl sites for hydroxylation is 1. The third kappa shape index (κ3) is 7.75. The molecule has 8 heteroatoms. The molecule has 1 aromatic carbocycles. The number of methoxy groups -OCH3 is 1. The van der Waals surface area contributed by atoms with Crippen LogP contribution < -0.4 is 20.5 Å². The zero-order valence-electron chi connectivity index (χ0n) is 20.4. The van der Waals surface area contributed by atoms with E-state index in [2.05, 4.69) is 27.1 Å². The summed E-state index contributed by atoms with van der Waals surface area (Å²) in [6, 6.07) is 5.97. The number of nitrogens with one attached hydrogen (secondary N) is 1. The number of ether oxygens (including phenoxy) is 3. The Hall–Kier alpha value is -2.58. The molecule has 2 aromatic rings. The fourth-order valence-electron chi connectivity index (χ4n) is 3.95. The van der Waals surface area contributed by atoms with Gasteiger partial charge in [0.15, 0.2) is 0 Å². The van der Waals surface area contributed by atoms with Gasteiger partial charge < -0.3 is 25.3 Å². The summed E-state index contributed by atoms with van der Waals surface area (Å²) < 4.78 is 17.0. The van der Waals surface area contributed by atoms with E-state index in [1.54, 1.807) is 7.11 Å². The minimum atomic E-state index is 0.506. The molecular formula is C25H39N5O3. The van der Waals surface area contributed by atoms with E-state index in [4.69, 9.17) is 19.9 Å². The van der Waals surface area contributed by atoms with Crippen molar-refractivity contribution in [3.8, 4) is 11.5 Å². The van der Waals surface area contributed by atoms with Crippen LogP contribution in [0.5, 0.6) is 11.5 Å². The SMILES string of the molecule is CCCCCNc1nc(C)c(Cc2ccc(OCCCN3CCOCC3)cc2OC)c(N)n1. The van der Waals surface area contributed by atoms with Gasteiger partial charge in [-0.3, -0.25) is 4.90 Å². The normalized spacial score (nSPS) is 14.3. The predicted octanol–water partition coefficient (Wildman–Crippen LogP) is 3.67. The first kappa shape index (κ1) is 25.1. The second-order valence-corrected chi connectivity index (χ2v) is 8.44. The van der Waals surface area contributed by atoms with Gasteiger partial charge in [0, 0.05) is 49.9 Å². The first-order valence-corrected chi connectivity index (χ1v) is 12.1. The lowest BCUT2D eigenvalue weighted by Crippen LogP contribution is -2.37. The van der Waals surface area contributed by atoms with Crippen LogP contribution >= 0.6 is 0 Å². The molecule has 1 fully saturated rings. The van der Waals surface area contributed by atoms with Gasteiger partial charge >= 0.3 is 0 Å². The Morgan fingerprint density at radius 2 is 1.97 bits per heavy atom. The van der Waals surface area contributed by atoms with E-state index in [9.17, 15) is 0 Å². The summed E-state index contributed by atoms with van der Waals surface area (Å²) in [7, 11) is 1.68. The lowest BCUT2D eigenvalue weighted by atomic mass is 10.0. The maximum absolute atomic E-state index is 6.30. The number of unbranched alkanes of at least 4 members (excludes halogenated alkanes) is 2. The van der Waals surface area contributed by atoms with Crippen molar-refractivity contribution < 1.29 is 14.2 Å². The average molecular weight is 458 g/mol. The van der Waals surface area contributed by atoms with Gasteiger partial charge in [-0.2, -0.15) is 4.98 Å². The van der Waals surface area contributed by atoms with Crippen LogP contribution in [0.2, 0.25) is 0 Å². The second-order valence-electron chi connectivity index (χ2n) is 8.44. The molecule has 0 atom stereocenters. The quantitative estimate of drug-likeness (QED) is 0.440. The van der Waals surface area contributed by atoms with Crippen LogP contribution in [0, 0.1) is 6.92 Å². The number of rotatable bonds is 13. The minimum Gasteiger partial charge on any atom is -0.496 e. The molecule has 8 nitrogen and oxygen atoms in total. The smallest absolute Gasteiger partial charge is 0.224 e. The first-order valence-electron chi connectivity index (χ1n) is 12.1. The van der Waals surface area contributed by atoms with E-state index in [1.165, 1.54) is 12.8 Å². The van der Waals surface area contributed by atoms with Crippen molar-refractivity contribution in [3.05, 3.63) is 35.0 Å². The van der Waals surface area contributed by atoms with E-state index >= 15 is 0 Å². The van der Waals surface area contributed by atoms with Gasteiger partial charge in [-0.25, -0.2) is 4.98 Å². The number of nitrogen functional groups attached to an aromatic ring is 1. The number of hydrogen-bond acceptors (Lipinski definition) is 8. The highest BCUT2D eigenvalue weighted by molar-refractivity contribution is 5.51. The standard InChI is InChI=1S/C25H39N5O3/c1-4-5-6-10-27-25-28-19(2)22(24(26)29-25)17-20-8-9-21(18-23(20)31-3)33-14-7-11-30-12-15-32-16-13-30/h8-9,18H,4-7,10-17H2,1-3H3,(H3,26,27,28,29). The van der Waals surface area contributed by atoms with E-state index in [0.29, 0.717) is 24.8 Å². The van der Waals surface area contributed by atoms with Crippen molar-refractivity contribution in [1.82, 2.24) is 14.9 Å². The summed E-state index contributed by atoms with van der Waals surface area (Å²) in [6.07, 6.45) is 5.05. The predicted molar refractivity (Wildman–Crippen MR) is 132 cm³/mol. The summed E-state index contributed by atoms with van der Waals surface area (Å²) in [4.78, 5) is 11.5. The van der Waals surface area contributed by atoms with Crippen LogP contribution in [-0.4, -0.2) is 68.0 Å². The molecule has 0 aliphatic carbocycles. The van der Waals surface area contributed by atoms with Crippen molar-refractivity contribution in [2.24, 2.45) is 0 Å². The number of aromatic nitrogens is 2. The largest absolute Gasteiger partial charge is 0.496 e. The molecule has 0 unspecified atom stereocenters. The Labute approximate surface area is 197 Å². The van der Waals surface area contributed by atoms with Crippen LogP contribution in [0.3, 0.4) is 0 Å². The number of benzene rings is 1. The van der Waals surface area contributed by atoms with Crippen LogP contribution in [0.15, 0.2) is 18.2 Å². The molecule has 0 bridgehead atoms. The van der Waals surface area contributed by atoms with E-state index in [0.717, 1.165) is 80.6 Å². The highest BCUT2D eigenvalue weighted by Gasteiger charge is 2.14. The highest BCUT2D eigenvalue weighted by atomic mass is 16.5. The van der Waals surface area contributed by atoms with Crippen LogP contribution in [-0.2, 0) is 11.2 Å². The zero-order chi connectivity index (χ0) is 23.5. The van der Waals surface area contributed by atoms with Crippen molar-refractivity contribution in [2.45, 2.75) is 46.0 Å². The van der Waals surface area contributed by atoms with E-state index in [1.807, 2.05) is 25.1 Å². The van der Waals surface area contributed by atoms with Crippen LogP contribution in [0.1, 0.15) is 49.4 Å². The maximum Gasteiger partial charge on any atom is 0.224 e. The second kappa shape index (κ2) is 13.2. The molecule has 2 heterocycles. The average Bonchev–Trinajstić information content (AvgIpc) is 2.83. The molecule has 3 N–H and O–H groups in total. The molecule has 33 heavy (non-hydrogen) atoms. The van der Waals surface area contributed by atoms with Gasteiger partial charge in [0.05, 0.1) is 26.9 Å². The lowest BCUT2D eigenvalue weighted by Gasteiger charge is -2.26. The third-order valence-corrected chi connectivity index (χ3v) is 5.93. The van der Waals surface area contributed by atoms with Crippen molar-refractivity contribution in [1.29, 1.82) is 0 Å². The van der Waals surface area contributed by atoms with Gasteiger partial charge in [0.1, 0.15) is 17.3 Å². The Morgan fingerprint density at radius 3 is 2.70 bits per heavy atom. The minimum absolute atomic E-state index is 0.506. The molecule has 1 aliphatic rings. The molecule has 182 valence electrons. The van der Waals surface area contributed by atoms with Crippen molar-refractivity contribution in [3.63, 3.8) is 0 Å². The van der Waals surface area contributed by atoms with E-state index < -0.39 is 0 Å². The summed E-state index contributed by atoms with van der Waals surface area (Å²) in [5, 5.41) is 3.27. The Balaban J connectivity index is 1.56. The Kier molecular flexibility index (Phi) is 10.0. The number of hydrogen-bond donors (Lipinski definition) is 2. The number of nitrogens with zero attached hydrogens (tertiary/aromatic N) is 3. The summed E-state index contributed by atoms with van der Waals surface area (Å²) in [6.45, 7) is 10.4. The molecule has 3 rings (SSSR count). The lowest BCUT2D eigenvalue weighted by molar-refractivity contribution is 0.0358. The van der Waals surface area contributed by atoms with Crippen LogP contribution in [0.25, 0.3) is 0 Å². The summed E-state index contributed by atoms with van der Waals surface area (Å²) in [5.41, 5.74) is 9.13. The van der Waals surface area contributed by atoms with Crippen LogP contribution in [0.4, 0.5) is 11.8 Å².